The topological polar surface area (TPSA) is 27.3 Å². The van der Waals surface area contributed by atoms with Crippen LogP contribution in [0.4, 0.5) is 22.7 Å². The quantitative estimate of drug-likeness (QED) is 0.822. The van der Waals surface area contributed by atoms with Gasteiger partial charge in [-0.25, -0.2) is 0 Å². The minimum Gasteiger partial charge on any atom is -0.388 e. The second kappa shape index (κ2) is 5.24. The minimum atomic E-state index is 0.152. The van der Waals surface area contributed by atoms with Crippen molar-refractivity contribution in [3.63, 3.8) is 0 Å². The molecule has 0 aliphatic carbocycles. The van der Waals surface area contributed by atoms with Crippen LogP contribution in [-0.4, -0.2) is 13.2 Å². The van der Waals surface area contributed by atoms with Crippen molar-refractivity contribution >= 4 is 22.7 Å². The van der Waals surface area contributed by atoms with Gasteiger partial charge in [0.1, 0.15) is 6.17 Å². The van der Waals surface area contributed by atoms with Crippen LogP contribution < -0.4 is 15.5 Å². The van der Waals surface area contributed by atoms with Gasteiger partial charge < -0.3 is 15.5 Å². The van der Waals surface area contributed by atoms with Crippen molar-refractivity contribution in [1.29, 1.82) is 0 Å². The van der Waals surface area contributed by atoms with Crippen molar-refractivity contribution in [3.05, 3.63) is 48.0 Å². The fourth-order valence-electron chi connectivity index (χ4n) is 2.99. The standard InChI is InChI=1S/C19H25N3/c1-13-21-17-10-9-14(19(2,3)4)11-18(17)22(13)16-8-6-7-15(12-16)20-5/h6-13,20-21H,1-5H3. The Balaban J connectivity index is 2.08. The zero-order chi connectivity index (χ0) is 15.9. The van der Waals surface area contributed by atoms with Crippen molar-refractivity contribution < 1.29 is 0 Å². The first kappa shape index (κ1) is 14.8. The molecule has 1 unspecified atom stereocenters. The number of fused-ring (bicyclic) bond motifs is 1. The predicted octanol–water partition coefficient (Wildman–Crippen LogP) is 4.94. The van der Waals surface area contributed by atoms with Crippen molar-refractivity contribution in [2.75, 3.05) is 22.6 Å². The summed E-state index contributed by atoms with van der Waals surface area (Å²) in [5.74, 6) is 0. The summed E-state index contributed by atoms with van der Waals surface area (Å²) >= 11 is 0. The lowest BCUT2D eigenvalue weighted by Gasteiger charge is -2.26. The van der Waals surface area contributed by atoms with Crippen LogP contribution in [0.3, 0.4) is 0 Å². The predicted molar refractivity (Wildman–Crippen MR) is 96.4 cm³/mol. The van der Waals surface area contributed by atoms with Crippen LogP contribution in [-0.2, 0) is 5.41 Å². The molecule has 1 aliphatic heterocycles. The van der Waals surface area contributed by atoms with Gasteiger partial charge in [0.05, 0.1) is 11.4 Å². The monoisotopic (exact) mass is 295 g/mol. The van der Waals surface area contributed by atoms with Crippen LogP contribution in [0.25, 0.3) is 0 Å². The van der Waals surface area contributed by atoms with Crippen LogP contribution in [0.2, 0.25) is 0 Å². The molecule has 0 radical (unpaired) electrons. The Labute approximate surface area is 133 Å². The summed E-state index contributed by atoms with van der Waals surface area (Å²) in [5, 5.41) is 6.79. The molecule has 0 saturated carbocycles. The van der Waals surface area contributed by atoms with E-state index in [1.807, 2.05) is 7.05 Å². The van der Waals surface area contributed by atoms with E-state index in [0.717, 1.165) is 5.69 Å². The molecule has 0 saturated heterocycles. The molecule has 3 heteroatoms. The van der Waals surface area contributed by atoms with Crippen LogP contribution in [0.5, 0.6) is 0 Å². The maximum atomic E-state index is 3.57. The Hall–Kier alpha value is -2.16. The Kier molecular flexibility index (Phi) is 3.51. The number of anilines is 4. The van der Waals surface area contributed by atoms with Gasteiger partial charge in [-0.3, -0.25) is 0 Å². The van der Waals surface area contributed by atoms with Crippen LogP contribution >= 0.6 is 0 Å². The second-order valence-electron chi connectivity index (χ2n) is 6.97. The molecule has 2 aromatic carbocycles. The van der Waals surface area contributed by atoms with E-state index < -0.39 is 0 Å². The first-order chi connectivity index (χ1) is 10.4. The van der Waals surface area contributed by atoms with Crippen LogP contribution in [0, 0.1) is 0 Å². The van der Waals surface area contributed by atoms with Gasteiger partial charge in [0.15, 0.2) is 0 Å². The normalized spacial score (nSPS) is 17.1. The van der Waals surface area contributed by atoms with E-state index in [9.17, 15) is 0 Å². The second-order valence-corrected chi connectivity index (χ2v) is 6.97. The Morgan fingerprint density at radius 3 is 2.55 bits per heavy atom. The molecule has 1 heterocycles. The summed E-state index contributed by atoms with van der Waals surface area (Å²) < 4.78 is 0. The fraction of sp³-hybridized carbons (Fsp3) is 0.368. The maximum Gasteiger partial charge on any atom is 0.101 e. The number of hydrogen-bond acceptors (Lipinski definition) is 3. The summed E-state index contributed by atoms with van der Waals surface area (Å²) in [5.41, 5.74) is 6.31. The van der Waals surface area contributed by atoms with Gasteiger partial charge in [-0.1, -0.05) is 32.9 Å². The van der Waals surface area contributed by atoms with E-state index in [2.05, 4.69) is 85.7 Å². The summed E-state index contributed by atoms with van der Waals surface area (Å²) in [6, 6.07) is 15.3. The molecule has 2 N–H and O–H groups in total. The molecular formula is C19H25N3. The Bertz CT molecular complexity index is 685. The molecule has 3 nitrogen and oxygen atoms in total. The van der Waals surface area contributed by atoms with Crippen LogP contribution in [0.15, 0.2) is 42.5 Å². The van der Waals surface area contributed by atoms with Gasteiger partial charge in [-0.15, -0.1) is 0 Å². The minimum absolute atomic E-state index is 0.152. The van der Waals surface area contributed by atoms with Gasteiger partial charge in [0.2, 0.25) is 0 Å². The number of hydrogen-bond donors (Lipinski definition) is 2. The number of nitrogens with one attached hydrogen (secondary N) is 2. The maximum absolute atomic E-state index is 3.57. The smallest absolute Gasteiger partial charge is 0.101 e. The summed E-state index contributed by atoms with van der Waals surface area (Å²) in [4.78, 5) is 2.37. The molecule has 3 rings (SSSR count). The Morgan fingerprint density at radius 1 is 1.09 bits per heavy atom. The third kappa shape index (κ3) is 2.52. The van der Waals surface area contributed by atoms with Gasteiger partial charge in [-0.05, 0) is 48.2 Å². The first-order valence-corrected chi connectivity index (χ1v) is 7.88. The van der Waals surface area contributed by atoms with Gasteiger partial charge in [-0.2, -0.15) is 0 Å². The molecule has 0 aromatic heterocycles. The molecule has 116 valence electrons. The summed E-state index contributed by atoms with van der Waals surface area (Å²) in [6.07, 6.45) is 0.248. The van der Waals surface area contributed by atoms with Gasteiger partial charge >= 0.3 is 0 Å². The molecule has 1 atom stereocenters. The molecule has 0 spiro atoms. The van der Waals surface area contributed by atoms with Crippen molar-refractivity contribution in [1.82, 2.24) is 0 Å². The summed E-state index contributed by atoms with van der Waals surface area (Å²) in [6.45, 7) is 8.97. The zero-order valence-electron chi connectivity index (χ0n) is 14.1. The van der Waals surface area contributed by atoms with E-state index in [-0.39, 0.29) is 11.6 Å². The number of benzene rings is 2. The lowest BCUT2D eigenvalue weighted by atomic mass is 9.86. The number of nitrogens with zero attached hydrogens (tertiary/aromatic N) is 1. The highest BCUT2D eigenvalue weighted by atomic mass is 15.3. The molecule has 0 fully saturated rings. The molecule has 1 aliphatic rings. The van der Waals surface area contributed by atoms with Gasteiger partial charge in [0, 0.05) is 18.4 Å². The number of rotatable bonds is 2. The van der Waals surface area contributed by atoms with E-state index in [1.54, 1.807) is 0 Å². The molecule has 22 heavy (non-hydrogen) atoms. The van der Waals surface area contributed by atoms with E-state index >= 15 is 0 Å². The van der Waals surface area contributed by atoms with E-state index in [1.165, 1.54) is 22.6 Å². The lowest BCUT2D eigenvalue weighted by Crippen LogP contribution is -2.28. The highest BCUT2D eigenvalue weighted by molar-refractivity contribution is 5.83. The fourth-order valence-corrected chi connectivity index (χ4v) is 2.99. The third-order valence-electron chi connectivity index (χ3n) is 4.29. The van der Waals surface area contributed by atoms with Crippen molar-refractivity contribution in [2.24, 2.45) is 0 Å². The van der Waals surface area contributed by atoms with E-state index in [4.69, 9.17) is 0 Å². The largest absolute Gasteiger partial charge is 0.388 e. The van der Waals surface area contributed by atoms with Gasteiger partial charge in [0.25, 0.3) is 0 Å². The molecule has 2 aromatic rings. The van der Waals surface area contributed by atoms with E-state index in [0.29, 0.717) is 0 Å². The highest BCUT2D eigenvalue weighted by Gasteiger charge is 2.28. The average Bonchev–Trinajstić information content (AvgIpc) is 2.81. The van der Waals surface area contributed by atoms with Crippen molar-refractivity contribution in [3.8, 4) is 0 Å². The first-order valence-electron chi connectivity index (χ1n) is 7.88. The van der Waals surface area contributed by atoms with Crippen molar-refractivity contribution in [2.45, 2.75) is 39.3 Å². The van der Waals surface area contributed by atoms with Crippen LogP contribution in [0.1, 0.15) is 33.3 Å². The SMILES string of the molecule is CNc1cccc(N2c3cc(C(C)(C)C)ccc3NC2C)c1. The zero-order valence-corrected chi connectivity index (χ0v) is 14.1. The molecule has 0 amide bonds. The third-order valence-corrected chi connectivity index (χ3v) is 4.29. The average molecular weight is 295 g/mol. The summed E-state index contributed by atoms with van der Waals surface area (Å²) in [7, 11) is 1.95. The molecular weight excluding hydrogens is 270 g/mol. The molecule has 0 bridgehead atoms. The lowest BCUT2D eigenvalue weighted by molar-refractivity contribution is 0.590. The Morgan fingerprint density at radius 2 is 1.86 bits per heavy atom. The highest BCUT2D eigenvalue weighted by Crippen LogP contribution is 2.42.